The average Bonchev–Trinajstić information content (AvgIpc) is 2.54. The summed E-state index contributed by atoms with van der Waals surface area (Å²) < 4.78 is 1.12. The number of benzene rings is 4. The van der Waals surface area contributed by atoms with E-state index in [9.17, 15) is 0 Å². The Morgan fingerprint density at radius 1 is 0.609 bits per heavy atom. The number of rotatable bonds is 2. The molecule has 112 valence electrons. The fraction of sp³-hybridized carbons (Fsp3) is 0.0476. The highest BCUT2D eigenvalue weighted by Gasteiger charge is 2.02. The van der Waals surface area contributed by atoms with Crippen molar-refractivity contribution in [3.05, 3.63) is 82.8 Å². The summed E-state index contributed by atoms with van der Waals surface area (Å²) in [5, 5.41) is 5.13. The van der Waals surface area contributed by atoms with Gasteiger partial charge in [0.1, 0.15) is 0 Å². The van der Waals surface area contributed by atoms with Gasteiger partial charge in [-0.05, 0) is 64.9 Å². The minimum absolute atomic E-state index is 1.12. The third-order valence-corrected chi connectivity index (χ3v) is 5.45. The van der Waals surface area contributed by atoms with Crippen LogP contribution in [-0.4, -0.2) is 0 Å². The Balaban J connectivity index is 1.72. The molecule has 0 heterocycles. The summed E-state index contributed by atoms with van der Waals surface area (Å²) >= 11 is 5.36. The summed E-state index contributed by atoms with van der Waals surface area (Å²) in [6.07, 6.45) is 0. The van der Waals surface area contributed by atoms with Gasteiger partial charge in [-0.25, -0.2) is 0 Å². The van der Waals surface area contributed by atoms with Crippen molar-refractivity contribution in [2.24, 2.45) is 0 Å². The highest BCUT2D eigenvalue weighted by molar-refractivity contribution is 9.10. The first kappa shape index (κ1) is 14.8. The average molecular weight is 379 g/mol. The zero-order valence-electron chi connectivity index (χ0n) is 12.7. The highest BCUT2D eigenvalue weighted by atomic mass is 79.9. The molecular formula is C21H15BrS. The molecule has 0 aromatic heterocycles. The van der Waals surface area contributed by atoms with Gasteiger partial charge in [0.2, 0.25) is 0 Å². The van der Waals surface area contributed by atoms with E-state index in [0.717, 1.165) is 4.47 Å². The van der Waals surface area contributed by atoms with Gasteiger partial charge in [0.15, 0.2) is 0 Å². The first-order valence-electron chi connectivity index (χ1n) is 7.55. The molecule has 0 aliphatic heterocycles. The monoisotopic (exact) mass is 378 g/mol. The topological polar surface area (TPSA) is 0 Å². The maximum absolute atomic E-state index is 3.55. The molecule has 0 bridgehead atoms. The van der Waals surface area contributed by atoms with Crippen LogP contribution in [0.4, 0.5) is 0 Å². The third-order valence-electron chi connectivity index (χ3n) is 3.98. The van der Waals surface area contributed by atoms with E-state index < -0.39 is 0 Å². The number of aryl methyl sites for hydroxylation is 1. The molecule has 0 aliphatic carbocycles. The number of hydrogen-bond acceptors (Lipinski definition) is 1. The van der Waals surface area contributed by atoms with Gasteiger partial charge in [-0.3, -0.25) is 0 Å². The molecule has 0 aliphatic rings. The highest BCUT2D eigenvalue weighted by Crippen LogP contribution is 2.33. The molecule has 0 atom stereocenters. The Kier molecular flexibility index (Phi) is 3.88. The smallest absolute Gasteiger partial charge is 0.0181 e. The lowest BCUT2D eigenvalue weighted by atomic mass is 10.1. The Hall–Kier alpha value is -1.77. The number of halogens is 1. The third kappa shape index (κ3) is 3.15. The fourth-order valence-electron chi connectivity index (χ4n) is 2.80. The molecule has 0 unspecified atom stereocenters. The normalized spacial score (nSPS) is 11.2. The molecule has 23 heavy (non-hydrogen) atoms. The van der Waals surface area contributed by atoms with Crippen LogP contribution in [0.2, 0.25) is 0 Å². The number of fused-ring (bicyclic) bond motifs is 2. The largest absolute Gasteiger partial charge is 0.0901 e. The number of hydrogen-bond donors (Lipinski definition) is 0. The molecule has 0 N–H and O–H groups in total. The van der Waals surface area contributed by atoms with Gasteiger partial charge in [-0.2, -0.15) is 0 Å². The summed E-state index contributed by atoms with van der Waals surface area (Å²) in [4.78, 5) is 2.54. The van der Waals surface area contributed by atoms with E-state index in [1.807, 2.05) is 11.8 Å². The van der Waals surface area contributed by atoms with Gasteiger partial charge in [0.25, 0.3) is 0 Å². The van der Waals surface area contributed by atoms with Crippen molar-refractivity contribution in [1.82, 2.24) is 0 Å². The summed E-state index contributed by atoms with van der Waals surface area (Å²) in [5.74, 6) is 0. The molecule has 0 saturated heterocycles. The molecular weight excluding hydrogens is 364 g/mol. The molecule has 0 fully saturated rings. The second kappa shape index (κ2) is 6.03. The molecule has 2 heteroatoms. The van der Waals surface area contributed by atoms with Gasteiger partial charge in [0, 0.05) is 14.3 Å². The lowest BCUT2D eigenvalue weighted by molar-refractivity contribution is 1.43. The molecule has 0 radical (unpaired) electrons. The van der Waals surface area contributed by atoms with Gasteiger partial charge in [-0.15, -0.1) is 0 Å². The molecule has 4 rings (SSSR count). The van der Waals surface area contributed by atoms with Crippen molar-refractivity contribution in [3.8, 4) is 0 Å². The summed E-state index contributed by atoms with van der Waals surface area (Å²) in [6.45, 7) is 2.14. The Morgan fingerprint density at radius 2 is 1.17 bits per heavy atom. The zero-order valence-corrected chi connectivity index (χ0v) is 15.1. The van der Waals surface area contributed by atoms with E-state index in [0.29, 0.717) is 0 Å². The minimum atomic E-state index is 1.12. The maximum Gasteiger partial charge on any atom is 0.0181 e. The molecule has 4 aromatic rings. The second-order valence-electron chi connectivity index (χ2n) is 5.77. The van der Waals surface area contributed by atoms with Crippen molar-refractivity contribution < 1.29 is 0 Å². The van der Waals surface area contributed by atoms with Crippen molar-refractivity contribution in [1.29, 1.82) is 0 Å². The van der Waals surface area contributed by atoms with Crippen molar-refractivity contribution >= 4 is 49.2 Å². The van der Waals surface area contributed by atoms with Crippen molar-refractivity contribution in [2.75, 3.05) is 0 Å². The lowest BCUT2D eigenvalue weighted by Gasteiger charge is -2.06. The lowest BCUT2D eigenvalue weighted by Crippen LogP contribution is -1.79. The second-order valence-corrected chi connectivity index (χ2v) is 7.83. The van der Waals surface area contributed by atoms with E-state index in [2.05, 4.69) is 95.7 Å². The quantitative estimate of drug-likeness (QED) is 0.354. The van der Waals surface area contributed by atoms with Crippen LogP contribution in [0.5, 0.6) is 0 Å². The fourth-order valence-corrected chi connectivity index (χ4v) is 4.10. The summed E-state index contributed by atoms with van der Waals surface area (Å²) in [6, 6.07) is 26.3. The maximum atomic E-state index is 3.55. The van der Waals surface area contributed by atoms with Crippen molar-refractivity contribution in [2.45, 2.75) is 16.7 Å². The molecule has 0 saturated carbocycles. The van der Waals surface area contributed by atoms with E-state index in [1.54, 1.807) is 0 Å². The van der Waals surface area contributed by atoms with Crippen molar-refractivity contribution in [3.63, 3.8) is 0 Å². The van der Waals surface area contributed by atoms with Gasteiger partial charge >= 0.3 is 0 Å². The predicted octanol–water partition coefficient (Wildman–Crippen LogP) is 7.22. The molecule has 0 amide bonds. The minimum Gasteiger partial charge on any atom is -0.0901 e. The summed E-state index contributed by atoms with van der Waals surface area (Å²) in [5.41, 5.74) is 1.30. The van der Waals surface area contributed by atoms with Crippen LogP contribution in [-0.2, 0) is 0 Å². The van der Waals surface area contributed by atoms with E-state index in [1.165, 1.54) is 36.9 Å². The van der Waals surface area contributed by atoms with E-state index in [-0.39, 0.29) is 0 Å². The van der Waals surface area contributed by atoms with Crippen LogP contribution < -0.4 is 0 Å². The molecule has 4 aromatic carbocycles. The first-order valence-corrected chi connectivity index (χ1v) is 9.16. The standard InChI is InChI=1S/C21H15BrS/c1-14-2-3-15-5-8-20(12-17(15)10-14)23-21-9-6-16-4-7-19(22)11-18(16)13-21/h2-13H,1H3. The Labute approximate surface area is 148 Å². The van der Waals surface area contributed by atoms with Gasteiger partial charge in [-0.1, -0.05) is 69.7 Å². The van der Waals surface area contributed by atoms with Crippen LogP contribution >= 0.6 is 27.7 Å². The Bertz CT molecular complexity index is 937. The van der Waals surface area contributed by atoms with Crippen LogP contribution in [0.15, 0.2) is 87.1 Å². The summed E-state index contributed by atoms with van der Waals surface area (Å²) in [7, 11) is 0. The van der Waals surface area contributed by atoms with Crippen LogP contribution in [0.3, 0.4) is 0 Å². The SMILES string of the molecule is Cc1ccc2ccc(Sc3ccc4ccc(Br)cc4c3)cc2c1. The first-order chi connectivity index (χ1) is 11.2. The van der Waals surface area contributed by atoms with Gasteiger partial charge < -0.3 is 0 Å². The molecule has 0 spiro atoms. The molecule has 0 nitrogen and oxygen atoms in total. The predicted molar refractivity (Wildman–Crippen MR) is 104 cm³/mol. The van der Waals surface area contributed by atoms with Crippen LogP contribution in [0, 0.1) is 6.92 Å². The zero-order chi connectivity index (χ0) is 15.8. The van der Waals surface area contributed by atoms with E-state index in [4.69, 9.17) is 0 Å². The Morgan fingerprint density at radius 3 is 1.87 bits per heavy atom. The van der Waals surface area contributed by atoms with Crippen LogP contribution in [0.1, 0.15) is 5.56 Å². The van der Waals surface area contributed by atoms with Gasteiger partial charge in [0.05, 0.1) is 0 Å². The van der Waals surface area contributed by atoms with Crippen LogP contribution in [0.25, 0.3) is 21.5 Å². The van der Waals surface area contributed by atoms with E-state index >= 15 is 0 Å².